The zero-order valence-electron chi connectivity index (χ0n) is 10.3. The first-order valence-electron chi connectivity index (χ1n) is 6.37. The van der Waals surface area contributed by atoms with Gasteiger partial charge >= 0.3 is 6.09 Å². The third-order valence-corrected chi connectivity index (χ3v) is 3.56. The van der Waals surface area contributed by atoms with E-state index < -0.39 is 0 Å². The molecular formula is C14H17NO3. The van der Waals surface area contributed by atoms with Crippen LogP contribution in [0.25, 0.3) is 0 Å². The van der Waals surface area contributed by atoms with Gasteiger partial charge in [0.2, 0.25) is 0 Å². The first kappa shape index (κ1) is 11.5. The number of carbonyl (C=O) groups is 1. The Morgan fingerprint density at radius 3 is 2.89 bits per heavy atom. The van der Waals surface area contributed by atoms with Gasteiger partial charge in [0, 0.05) is 6.54 Å². The predicted molar refractivity (Wildman–Crippen MR) is 66.1 cm³/mol. The summed E-state index contributed by atoms with van der Waals surface area (Å²) < 4.78 is 10.8. The van der Waals surface area contributed by atoms with Crippen molar-refractivity contribution >= 4 is 6.09 Å². The highest BCUT2D eigenvalue weighted by atomic mass is 16.6. The van der Waals surface area contributed by atoms with E-state index in [1.54, 1.807) is 4.90 Å². The van der Waals surface area contributed by atoms with E-state index in [1.807, 2.05) is 30.3 Å². The monoisotopic (exact) mass is 247 g/mol. The third-order valence-electron chi connectivity index (χ3n) is 3.56. The number of rotatable bonds is 2. The number of piperidine rings is 1. The van der Waals surface area contributed by atoms with Crippen LogP contribution in [0.5, 0.6) is 0 Å². The van der Waals surface area contributed by atoms with Crippen LogP contribution < -0.4 is 0 Å². The smallest absolute Gasteiger partial charge is 0.410 e. The van der Waals surface area contributed by atoms with Gasteiger partial charge in [0.25, 0.3) is 0 Å². The summed E-state index contributed by atoms with van der Waals surface area (Å²) in [7, 11) is 0. The molecule has 0 aromatic heterocycles. The predicted octanol–water partition coefficient (Wildman–Crippen LogP) is 2.19. The first-order chi connectivity index (χ1) is 8.77. The van der Waals surface area contributed by atoms with Crippen LogP contribution in [0, 0.1) is 0 Å². The molecule has 1 aromatic rings. The van der Waals surface area contributed by atoms with Gasteiger partial charge < -0.3 is 14.4 Å². The van der Waals surface area contributed by atoms with Gasteiger partial charge in [-0.05, 0) is 18.4 Å². The van der Waals surface area contributed by atoms with E-state index >= 15 is 0 Å². The van der Waals surface area contributed by atoms with Crippen molar-refractivity contribution in [2.24, 2.45) is 0 Å². The van der Waals surface area contributed by atoms with E-state index in [9.17, 15) is 4.79 Å². The van der Waals surface area contributed by atoms with Crippen LogP contribution in [-0.4, -0.2) is 36.3 Å². The minimum atomic E-state index is -0.228. The lowest BCUT2D eigenvalue weighted by molar-refractivity contribution is 0.0707. The van der Waals surface area contributed by atoms with Crippen molar-refractivity contribution in [1.82, 2.24) is 4.90 Å². The van der Waals surface area contributed by atoms with E-state index in [-0.39, 0.29) is 11.7 Å². The van der Waals surface area contributed by atoms with Crippen molar-refractivity contribution in [3.05, 3.63) is 35.9 Å². The van der Waals surface area contributed by atoms with Crippen LogP contribution in [0.4, 0.5) is 4.79 Å². The Morgan fingerprint density at radius 1 is 1.39 bits per heavy atom. The van der Waals surface area contributed by atoms with Gasteiger partial charge in [0.15, 0.2) is 0 Å². The maximum atomic E-state index is 11.9. The number of nitrogens with zero attached hydrogens (tertiary/aromatic N) is 1. The summed E-state index contributed by atoms with van der Waals surface area (Å²) in [4.78, 5) is 13.7. The van der Waals surface area contributed by atoms with E-state index in [2.05, 4.69) is 0 Å². The van der Waals surface area contributed by atoms with Crippen LogP contribution in [-0.2, 0) is 16.1 Å². The molecule has 2 heterocycles. The molecule has 18 heavy (non-hydrogen) atoms. The maximum absolute atomic E-state index is 11.9. The first-order valence-corrected chi connectivity index (χ1v) is 6.37. The number of hydrogen-bond donors (Lipinski definition) is 0. The van der Waals surface area contributed by atoms with Gasteiger partial charge in [-0.15, -0.1) is 0 Å². The molecule has 1 aromatic carbocycles. The Bertz CT molecular complexity index is 428. The number of likely N-dealkylation sites (tertiary alicyclic amines) is 1. The number of hydrogen-bond acceptors (Lipinski definition) is 3. The lowest BCUT2D eigenvalue weighted by atomic mass is 9.99. The molecule has 2 aliphatic heterocycles. The van der Waals surface area contributed by atoms with Crippen molar-refractivity contribution in [3.63, 3.8) is 0 Å². The number of benzene rings is 1. The normalized spacial score (nSPS) is 26.1. The highest BCUT2D eigenvalue weighted by molar-refractivity contribution is 5.68. The molecule has 0 aliphatic carbocycles. The van der Waals surface area contributed by atoms with Crippen LogP contribution in [0.15, 0.2) is 30.3 Å². The van der Waals surface area contributed by atoms with Crippen molar-refractivity contribution < 1.29 is 14.3 Å². The second-order valence-corrected chi connectivity index (χ2v) is 5.04. The van der Waals surface area contributed by atoms with Gasteiger partial charge in [-0.2, -0.15) is 0 Å². The molecule has 1 spiro atoms. The molecule has 1 unspecified atom stereocenters. The Labute approximate surface area is 106 Å². The average Bonchev–Trinajstić information content (AvgIpc) is 3.16. The number of ether oxygens (including phenoxy) is 2. The molecule has 1 amide bonds. The van der Waals surface area contributed by atoms with Crippen molar-refractivity contribution in [2.75, 3.05) is 19.7 Å². The van der Waals surface area contributed by atoms with Crippen LogP contribution >= 0.6 is 0 Å². The zero-order chi connectivity index (χ0) is 12.4. The van der Waals surface area contributed by atoms with E-state index in [0.717, 1.165) is 31.6 Å². The molecule has 2 fully saturated rings. The van der Waals surface area contributed by atoms with Crippen LogP contribution in [0.3, 0.4) is 0 Å². The lowest BCUT2D eigenvalue weighted by Crippen LogP contribution is -2.44. The molecule has 0 N–H and O–H groups in total. The molecule has 4 nitrogen and oxygen atoms in total. The molecular weight excluding hydrogens is 230 g/mol. The Balaban J connectivity index is 1.52. The summed E-state index contributed by atoms with van der Waals surface area (Å²) in [6, 6.07) is 9.74. The van der Waals surface area contributed by atoms with Gasteiger partial charge in [0.05, 0.1) is 13.2 Å². The SMILES string of the molecule is O=C(OCc1ccccc1)N1CCCC2(CO2)C1. The van der Waals surface area contributed by atoms with Crippen LogP contribution in [0.1, 0.15) is 18.4 Å². The summed E-state index contributed by atoms with van der Waals surface area (Å²) in [5.74, 6) is 0. The summed E-state index contributed by atoms with van der Waals surface area (Å²) in [5, 5.41) is 0. The quantitative estimate of drug-likeness (QED) is 0.752. The van der Waals surface area contributed by atoms with Crippen LogP contribution in [0.2, 0.25) is 0 Å². The fourth-order valence-corrected chi connectivity index (χ4v) is 2.40. The number of carbonyl (C=O) groups excluding carboxylic acids is 1. The van der Waals surface area contributed by atoms with E-state index in [1.165, 1.54) is 0 Å². The van der Waals surface area contributed by atoms with Gasteiger partial charge in [-0.25, -0.2) is 4.79 Å². The van der Waals surface area contributed by atoms with Gasteiger partial charge in [-0.1, -0.05) is 30.3 Å². The number of amides is 1. The Kier molecular flexibility index (Phi) is 2.96. The maximum Gasteiger partial charge on any atom is 0.410 e. The minimum absolute atomic E-state index is 0.0377. The van der Waals surface area contributed by atoms with Crippen molar-refractivity contribution in [1.29, 1.82) is 0 Å². The molecule has 96 valence electrons. The second kappa shape index (κ2) is 4.61. The Hall–Kier alpha value is -1.55. The molecule has 3 rings (SSSR count). The second-order valence-electron chi connectivity index (χ2n) is 5.04. The summed E-state index contributed by atoms with van der Waals surface area (Å²) in [6.45, 7) is 2.58. The third kappa shape index (κ3) is 2.48. The van der Waals surface area contributed by atoms with Gasteiger partial charge in [-0.3, -0.25) is 0 Å². The lowest BCUT2D eigenvalue weighted by Gasteiger charge is -2.30. The van der Waals surface area contributed by atoms with Gasteiger partial charge in [0.1, 0.15) is 12.2 Å². The fourth-order valence-electron chi connectivity index (χ4n) is 2.40. The average molecular weight is 247 g/mol. The highest BCUT2D eigenvalue weighted by Crippen LogP contribution is 2.36. The largest absolute Gasteiger partial charge is 0.445 e. The molecule has 1 atom stereocenters. The van der Waals surface area contributed by atoms with E-state index in [4.69, 9.17) is 9.47 Å². The van der Waals surface area contributed by atoms with Crippen molar-refractivity contribution in [2.45, 2.75) is 25.0 Å². The fraction of sp³-hybridized carbons (Fsp3) is 0.500. The zero-order valence-corrected chi connectivity index (χ0v) is 10.3. The summed E-state index contributed by atoms with van der Waals surface area (Å²) in [5.41, 5.74) is 0.976. The standard InChI is InChI=1S/C14H17NO3/c16-13(17-9-12-5-2-1-3-6-12)15-8-4-7-14(10-15)11-18-14/h1-3,5-6H,4,7-11H2. The molecule has 2 saturated heterocycles. The molecule has 0 saturated carbocycles. The topological polar surface area (TPSA) is 42.1 Å². The van der Waals surface area contributed by atoms with E-state index in [0.29, 0.717) is 13.2 Å². The Morgan fingerprint density at radius 2 is 2.17 bits per heavy atom. The molecule has 2 aliphatic rings. The minimum Gasteiger partial charge on any atom is -0.445 e. The van der Waals surface area contributed by atoms with Crippen molar-refractivity contribution in [3.8, 4) is 0 Å². The molecule has 0 bridgehead atoms. The number of epoxide rings is 1. The molecule has 4 heteroatoms. The summed E-state index contributed by atoms with van der Waals surface area (Å²) >= 11 is 0. The summed E-state index contributed by atoms with van der Waals surface area (Å²) in [6.07, 6.45) is 1.84. The highest BCUT2D eigenvalue weighted by Gasteiger charge is 2.48. The molecule has 0 radical (unpaired) electrons.